The van der Waals surface area contributed by atoms with E-state index in [1.807, 2.05) is 0 Å². The molecule has 2 N–H and O–H groups in total. The number of carbonyl (C=O) groups is 2. The number of halogens is 3. The summed E-state index contributed by atoms with van der Waals surface area (Å²) in [6.45, 7) is 1.76. The number of hydrogen-bond acceptors (Lipinski definition) is 4. The fourth-order valence-corrected chi connectivity index (χ4v) is 2.96. The van der Waals surface area contributed by atoms with Crippen molar-refractivity contribution in [2.24, 2.45) is 0 Å². The van der Waals surface area contributed by atoms with E-state index >= 15 is 0 Å². The van der Waals surface area contributed by atoms with Gasteiger partial charge in [-0.3, -0.25) is 9.59 Å². The number of nitrogens with zero attached hydrogens (tertiary/aromatic N) is 3. The molecule has 0 atom stereocenters. The van der Waals surface area contributed by atoms with Gasteiger partial charge in [0, 0.05) is 30.8 Å². The minimum Gasteiger partial charge on any atom is -0.326 e. The normalized spacial score (nSPS) is 10.6. The Labute approximate surface area is 175 Å². The van der Waals surface area contributed by atoms with Crippen LogP contribution in [0.1, 0.15) is 18.5 Å². The third kappa shape index (κ3) is 5.52. The van der Waals surface area contributed by atoms with Crippen molar-refractivity contribution in [2.45, 2.75) is 19.8 Å². The quantitative estimate of drug-likeness (QED) is 0.601. The van der Waals surface area contributed by atoms with Crippen molar-refractivity contribution in [1.29, 1.82) is 0 Å². The van der Waals surface area contributed by atoms with Crippen molar-refractivity contribution in [2.75, 3.05) is 10.6 Å². The van der Waals surface area contributed by atoms with Gasteiger partial charge in [0.05, 0.1) is 15.7 Å². The lowest BCUT2D eigenvalue weighted by Crippen LogP contribution is -2.19. The Kier molecular flexibility index (Phi) is 6.46. The predicted octanol–water partition coefficient (Wildman–Crippen LogP) is 4.38. The van der Waals surface area contributed by atoms with Crippen molar-refractivity contribution in [3.63, 3.8) is 0 Å². The van der Waals surface area contributed by atoms with Gasteiger partial charge in [-0.05, 0) is 37.3 Å². The van der Waals surface area contributed by atoms with E-state index in [0.29, 0.717) is 28.0 Å². The predicted molar refractivity (Wildman–Crippen MR) is 109 cm³/mol. The number of hydrogen-bond donors (Lipinski definition) is 2. The topological polar surface area (TPSA) is 88.9 Å². The molecule has 0 saturated carbocycles. The molecular formula is C19H16Cl2FN5O2. The second-order valence-corrected chi connectivity index (χ2v) is 6.99. The van der Waals surface area contributed by atoms with Crippen molar-refractivity contribution < 1.29 is 14.0 Å². The van der Waals surface area contributed by atoms with Gasteiger partial charge in [0.2, 0.25) is 11.8 Å². The zero-order valence-electron chi connectivity index (χ0n) is 15.2. The molecule has 0 radical (unpaired) electrons. The van der Waals surface area contributed by atoms with Gasteiger partial charge in [0.25, 0.3) is 0 Å². The summed E-state index contributed by atoms with van der Waals surface area (Å²) in [6.07, 6.45) is 1.32. The van der Waals surface area contributed by atoms with Gasteiger partial charge in [0.1, 0.15) is 11.6 Å². The summed E-state index contributed by atoms with van der Waals surface area (Å²) in [5, 5.41) is 10.2. The highest BCUT2D eigenvalue weighted by Gasteiger charge is 2.15. The Hall–Kier alpha value is -2.97. The van der Waals surface area contributed by atoms with E-state index in [0.717, 1.165) is 0 Å². The summed E-state index contributed by atoms with van der Waals surface area (Å²) in [5.41, 5.74) is 1.09. The summed E-state index contributed by atoms with van der Waals surface area (Å²) in [5.74, 6) is -0.467. The Morgan fingerprint density at radius 2 is 1.72 bits per heavy atom. The molecule has 0 spiro atoms. The first kappa shape index (κ1) is 20.8. The van der Waals surface area contributed by atoms with Gasteiger partial charge in [-0.2, -0.15) is 9.78 Å². The van der Waals surface area contributed by atoms with Crippen LogP contribution < -0.4 is 10.6 Å². The molecule has 10 heteroatoms. The average molecular weight is 436 g/mol. The molecular weight excluding hydrogens is 420 g/mol. The van der Waals surface area contributed by atoms with E-state index in [9.17, 15) is 14.0 Å². The maximum atomic E-state index is 12.9. The van der Waals surface area contributed by atoms with E-state index < -0.39 is 5.82 Å². The third-order valence-electron chi connectivity index (χ3n) is 3.80. The Morgan fingerprint density at radius 1 is 1.07 bits per heavy atom. The maximum absolute atomic E-state index is 12.9. The minimum atomic E-state index is -0.399. The van der Waals surface area contributed by atoms with E-state index in [2.05, 4.69) is 20.7 Å². The maximum Gasteiger partial charge on any atom is 0.226 e. The van der Waals surface area contributed by atoms with Gasteiger partial charge >= 0.3 is 0 Å². The average Bonchev–Trinajstić information content (AvgIpc) is 3.02. The fraction of sp³-hybridized carbons (Fsp3) is 0.158. The van der Waals surface area contributed by atoms with Crippen LogP contribution in [0.25, 0.3) is 5.82 Å². The van der Waals surface area contributed by atoms with Crippen LogP contribution >= 0.6 is 23.2 Å². The number of aromatic nitrogens is 3. The van der Waals surface area contributed by atoms with Crippen LogP contribution in [-0.4, -0.2) is 26.6 Å². The van der Waals surface area contributed by atoms with Crippen LogP contribution in [0, 0.1) is 12.7 Å². The lowest BCUT2D eigenvalue weighted by molar-refractivity contribution is -0.121. The Balaban J connectivity index is 1.62. The van der Waals surface area contributed by atoms with Crippen LogP contribution in [0.3, 0.4) is 0 Å². The Bertz CT molecular complexity index is 1050. The fourth-order valence-electron chi connectivity index (χ4n) is 2.50. The highest BCUT2D eigenvalue weighted by molar-refractivity contribution is 6.35. The SMILES string of the molecule is Cc1cc(NC(=O)CCC(=O)Nc2ccc(F)cc2)n(-c2ncc(Cl)cc2Cl)n1. The van der Waals surface area contributed by atoms with E-state index in [4.69, 9.17) is 23.2 Å². The zero-order valence-corrected chi connectivity index (χ0v) is 16.8. The van der Waals surface area contributed by atoms with Gasteiger partial charge < -0.3 is 10.6 Å². The van der Waals surface area contributed by atoms with Gasteiger partial charge in [0.15, 0.2) is 5.82 Å². The summed E-state index contributed by atoms with van der Waals surface area (Å²) in [7, 11) is 0. The molecule has 0 aliphatic heterocycles. The molecule has 150 valence electrons. The number of benzene rings is 1. The molecule has 0 fully saturated rings. The smallest absolute Gasteiger partial charge is 0.226 e. The van der Waals surface area contributed by atoms with E-state index in [1.165, 1.54) is 41.2 Å². The minimum absolute atomic E-state index is 0.0454. The number of aryl methyl sites for hydroxylation is 1. The number of pyridine rings is 1. The van der Waals surface area contributed by atoms with Crippen molar-refractivity contribution in [1.82, 2.24) is 14.8 Å². The lowest BCUT2D eigenvalue weighted by atomic mass is 10.2. The molecule has 3 aromatic rings. The molecule has 0 saturated heterocycles. The van der Waals surface area contributed by atoms with Crippen LogP contribution in [-0.2, 0) is 9.59 Å². The number of rotatable bonds is 6. The molecule has 1 aromatic carbocycles. The highest BCUT2D eigenvalue weighted by Crippen LogP contribution is 2.25. The first-order chi connectivity index (χ1) is 13.8. The Morgan fingerprint density at radius 3 is 2.38 bits per heavy atom. The standard InChI is InChI=1S/C19H16Cl2FN5O2/c1-11-8-16(27(26-11)19-15(21)9-12(20)10-23-19)25-18(29)7-6-17(28)24-14-4-2-13(22)3-5-14/h2-5,8-10H,6-7H2,1H3,(H,24,28)(H,25,29). The van der Waals surface area contributed by atoms with Crippen LogP contribution in [0.5, 0.6) is 0 Å². The first-order valence-electron chi connectivity index (χ1n) is 8.55. The van der Waals surface area contributed by atoms with Crippen molar-refractivity contribution >= 4 is 46.5 Å². The molecule has 2 aromatic heterocycles. The molecule has 0 unspecified atom stereocenters. The summed E-state index contributed by atoms with van der Waals surface area (Å²) < 4.78 is 14.3. The van der Waals surface area contributed by atoms with Gasteiger partial charge in [-0.15, -0.1) is 0 Å². The van der Waals surface area contributed by atoms with E-state index in [1.54, 1.807) is 13.0 Å². The highest BCUT2D eigenvalue weighted by atomic mass is 35.5. The molecule has 2 amide bonds. The monoisotopic (exact) mass is 435 g/mol. The number of nitrogens with one attached hydrogen (secondary N) is 2. The molecule has 7 nitrogen and oxygen atoms in total. The molecule has 3 rings (SSSR count). The molecule has 29 heavy (non-hydrogen) atoms. The third-order valence-corrected chi connectivity index (χ3v) is 4.28. The van der Waals surface area contributed by atoms with Crippen molar-refractivity contribution in [3.8, 4) is 5.82 Å². The van der Waals surface area contributed by atoms with Gasteiger partial charge in [-0.1, -0.05) is 23.2 Å². The lowest BCUT2D eigenvalue weighted by Gasteiger charge is -2.10. The largest absolute Gasteiger partial charge is 0.326 e. The molecule has 0 aliphatic carbocycles. The zero-order chi connectivity index (χ0) is 21.0. The summed E-state index contributed by atoms with van der Waals surface area (Å²) >= 11 is 12.0. The summed E-state index contributed by atoms with van der Waals surface area (Å²) in [6, 6.07) is 8.54. The van der Waals surface area contributed by atoms with Crippen LogP contribution in [0.4, 0.5) is 15.9 Å². The van der Waals surface area contributed by atoms with Crippen molar-refractivity contribution in [3.05, 3.63) is 64.2 Å². The number of carbonyl (C=O) groups excluding carboxylic acids is 2. The molecule has 0 bridgehead atoms. The van der Waals surface area contributed by atoms with Crippen LogP contribution in [0.15, 0.2) is 42.6 Å². The number of anilines is 2. The second-order valence-electron chi connectivity index (χ2n) is 6.14. The summed E-state index contributed by atoms with van der Waals surface area (Å²) in [4.78, 5) is 28.4. The first-order valence-corrected chi connectivity index (χ1v) is 9.31. The van der Waals surface area contributed by atoms with Crippen LogP contribution in [0.2, 0.25) is 10.0 Å². The number of amides is 2. The van der Waals surface area contributed by atoms with Gasteiger partial charge in [-0.25, -0.2) is 9.37 Å². The molecule has 0 aliphatic rings. The molecule has 2 heterocycles. The van der Waals surface area contributed by atoms with E-state index in [-0.39, 0.29) is 29.7 Å². The second kappa shape index (κ2) is 9.02.